The number of hydrogen-bond acceptors (Lipinski definition) is 7. The third kappa shape index (κ3) is 4.23. The third-order valence-corrected chi connectivity index (χ3v) is 5.59. The van der Waals surface area contributed by atoms with E-state index in [1.807, 2.05) is 66.1 Å². The van der Waals surface area contributed by atoms with Gasteiger partial charge in [0, 0.05) is 17.7 Å². The van der Waals surface area contributed by atoms with Crippen LogP contribution >= 0.6 is 11.8 Å². The Bertz CT molecular complexity index is 1110. The van der Waals surface area contributed by atoms with E-state index in [-0.39, 0.29) is 5.25 Å². The molecule has 4 aromatic rings. The maximum atomic E-state index is 5.46. The largest absolute Gasteiger partial charge is 0.497 e. The molecule has 154 valence electrons. The second-order valence-electron chi connectivity index (χ2n) is 6.77. The summed E-state index contributed by atoms with van der Waals surface area (Å²) in [5.74, 6) is 2.84. The molecule has 0 N–H and O–H groups in total. The van der Waals surface area contributed by atoms with Gasteiger partial charge in [0.2, 0.25) is 5.89 Å². The molecule has 0 amide bonds. The molecule has 0 spiro atoms. The van der Waals surface area contributed by atoms with E-state index in [0.717, 1.165) is 46.6 Å². The summed E-state index contributed by atoms with van der Waals surface area (Å²) >= 11 is 1.54. The molecule has 8 heteroatoms. The molecule has 7 nitrogen and oxygen atoms in total. The number of aryl methyl sites for hydroxylation is 1. The first-order valence-corrected chi connectivity index (χ1v) is 10.7. The minimum Gasteiger partial charge on any atom is -0.497 e. The summed E-state index contributed by atoms with van der Waals surface area (Å²) in [6.45, 7) is 4.12. The Morgan fingerprint density at radius 3 is 2.70 bits per heavy atom. The second kappa shape index (κ2) is 9.13. The van der Waals surface area contributed by atoms with Gasteiger partial charge in [-0.3, -0.25) is 4.57 Å². The highest BCUT2D eigenvalue weighted by atomic mass is 32.2. The van der Waals surface area contributed by atoms with Crippen LogP contribution in [-0.4, -0.2) is 32.0 Å². The number of rotatable bonds is 8. The van der Waals surface area contributed by atoms with Gasteiger partial charge in [0.1, 0.15) is 5.75 Å². The topological polar surface area (TPSA) is 78.9 Å². The van der Waals surface area contributed by atoms with Crippen LogP contribution in [0, 0.1) is 0 Å². The van der Waals surface area contributed by atoms with Gasteiger partial charge in [0.05, 0.1) is 12.4 Å². The number of methoxy groups -OCH3 is 1. The third-order valence-electron chi connectivity index (χ3n) is 4.56. The normalized spacial score (nSPS) is 12.1. The van der Waals surface area contributed by atoms with Crippen LogP contribution in [0.3, 0.4) is 0 Å². The maximum Gasteiger partial charge on any atom is 0.239 e. The molecule has 0 aliphatic rings. The van der Waals surface area contributed by atoms with E-state index in [1.165, 1.54) is 11.8 Å². The molecule has 4 rings (SSSR count). The van der Waals surface area contributed by atoms with Gasteiger partial charge in [-0.05, 0) is 37.6 Å². The fraction of sp³-hybridized carbons (Fsp3) is 0.273. The Hall–Kier alpha value is -3.13. The lowest BCUT2D eigenvalue weighted by atomic mass is 10.2. The van der Waals surface area contributed by atoms with Gasteiger partial charge in [-0.2, -0.15) is 4.98 Å². The molecular formula is C22H23N5O2S. The summed E-state index contributed by atoms with van der Waals surface area (Å²) in [5.41, 5.74) is 1.90. The summed E-state index contributed by atoms with van der Waals surface area (Å²) < 4.78 is 12.9. The lowest BCUT2D eigenvalue weighted by molar-refractivity contribution is 0.374. The zero-order valence-electron chi connectivity index (χ0n) is 17.1. The van der Waals surface area contributed by atoms with E-state index in [2.05, 4.69) is 27.3 Å². The summed E-state index contributed by atoms with van der Waals surface area (Å²) in [5, 5.41) is 13.7. The van der Waals surface area contributed by atoms with Crippen molar-refractivity contribution in [2.45, 2.75) is 37.1 Å². The Kier molecular flexibility index (Phi) is 6.13. The van der Waals surface area contributed by atoms with Crippen LogP contribution in [-0.2, 0) is 6.42 Å². The van der Waals surface area contributed by atoms with Crippen LogP contribution in [0.15, 0.2) is 64.3 Å². The minimum absolute atomic E-state index is 0.0621. The van der Waals surface area contributed by atoms with Crippen molar-refractivity contribution < 1.29 is 9.26 Å². The van der Waals surface area contributed by atoms with Gasteiger partial charge in [-0.25, -0.2) is 0 Å². The first-order valence-electron chi connectivity index (χ1n) is 9.84. The van der Waals surface area contributed by atoms with Crippen molar-refractivity contribution in [1.82, 2.24) is 24.9 Å². The molecule has 30 heavy (non-hydrogen) atoms. The van der Waals surface area contributed by atoms with E-state index in [9.17, 15) is 0 Å². The molecule has 2 aromatic heterocycles. The van der Waals surface area contributed by atoms with E-state index >= 15 is 0 Å². The predicted octanol–water partition coefficient (Wildman–Crippen LogP) is 5.13. The fourth-order valence-electron chi connectivity index (χ4n) is 3.07. The molecule has 0 aliphatic heterocycles. The Morgan fingerprint density at radius 1 is 1.10 bits per heavy atom. The second-order valence-corrected chi connectivity index (χ2v) is 8.08. The van der Waals surface area contributed by atoms with Gasteiger partial charge in [0.15, 0.2) is 16.8 Å². The first kappa shape index (κ1) is 20.2. The van der Waals surface area contributed by atoms with Gasteiger partial charge in [-0.15, -0.1) is 10.2 Å². The predicted molar refractivity (Wildman–Crippen MR) is 116 cm³/mol. The standard InChI is InChI=1S/C22H23N5O2S/c1-4-9-19-23-21(29-26-19)15(2)30-22-25-24-20(16-10-8-13-18(14-16)28-3)27(22)17-11-6-5-7-12-17/h5-8,10-15H,4,9H2,1-3H3/t15-/m1/s1. The number of aromatic nitrogens is 5. The van der Waals surface area contributed by atoms with Crippen LogP contribution in [0.4, 0.5) is 0 Å². The minimum atomic E-state index is -0.0621. The molecule has 0 fully saturated rings. The molecule has 0 saturated heterocycles. The van der Waals surface area contributed by atoms with E-state index in [0.29, 0.717) is 5.89 Å². The molecule has 0 bridgehead atoms. The van der Waals surface area contributed by atoms with Crippen LogP contribution < -0.4 is 4.74 Å². The monoisotopic (exact) mass is 421 g/mol. The van der Waals surface area contributed by atoms with Crippen molar-refractivity contribution in [3.05, 3.63) is 66.3 Å². The highest BCUT2D eigenvalue weighted by molar-refractivity contribution is 7.99. The van der Waals surface area contributed by atoms with Gasteiger partial charge in [-0.1, -0.05) is 54.2 Å². The van der Waals surface area contributed by atoms with Crippen molar-refractivity contribution in [2.75, 3.05) is 7.11 Å². The van der Waals surface area contributed by atoms with Crippen molar-refractivity contribution in [1.29, 1.82) is 0 Å². The highest BCUT2D eigenvalue weighted by Gasteiger charge is 2.22. The number of thioether (sulfide) groups is 1. The lowest BCUT2D eigenvalue weighted by Gasteiger charge is -2.12. The molecule has 2 aromatic carbocycles. The first-order chi connectivity index (χ1) is 14.7. The number of hydrogen-bond donors (Lipinski definition) is 0. The number of para-hydroxylation sites is 1. The lowest BCUT2D eigenvalue weighted by Crippen LogP contribution is -2.01. The van der Waals surface area contributed by atoms with Gasteiger partial charge < -0.3 is 9.26 Å². The molecule has 0 radical (unpaired) electrons. The number of nitrogens with zero attached hydrogens (tertiary/aromatic N) is 5. The summed E-state index contributed by atoms with van der Waals surface area (Å²) in [6, 6.07) is 17.9. The Labute approximate surface area is 179 Å². The van der Waals surface area contributed by atoms with Crippen molar-refractivity contribution >= 4 is 11.8 Å². The van der Waals surface area contributed by atoms with Crippen LogP contribution in [0.25, 0.3) is 17.1 Å². The van der Waals surface area contributed by atoms with Gasteiger partial charge >= 0.3 is 0 Å². The number of benzene rings is 2. The summed E-state index contributed by atoms with van der Waals surface area (Å²) in [7, 11) is 1.65. The quantitative estimate of drug-likeness (QED) is 0.365. The fourth-order valence-corrected chi connectivity index (χ4v) is 3.97. The molecule has 0 saturated carbocycles. The molecule has 1 atom stereocenters. The van der Waals surface area contributed by atoms with E-state index in [1.54, 1.807) is 7.11 Å². The Balaban J connectivity index is 1.71. The average Bonchev–Trinajstić information content (AvgIpc) is 3.42. The van der Waals surface area contributed by atoms with E-state index < -0.39 is 0 Å². The molecule has 0 unspecified atom stereocenters. The Morgan fingerprint density at radius 2 is 1.93 bits per heavy atom. The average molecular weight is 422 g/mol. The molecular weight excluding hydrogens is 398 g/mol. The smallest absolute Gasteiger partial charge is 0.239 e. The van der Waals surface area contributed by atoms with Gasteiger partial charge in [0.25, 0.3) is 0 Å². The van der Waals surface area contributed by atoms with Crippen molar-refractivity contribution in [3.63, 3.8) is 0 Å². The van der Waals surface area contributed by atoms with E-state index in [4.69, 9.17) is 9.26 Å². The van der Waals surface area contributed by atoms with Crippen LogP contribution in [0.2, 0.25) is 0 Å². The highest BCUT2D eigenvalue weighted by Crippen LogP contribution is 2.36. The number of ether oxygens (including phenoxy) is 1. The zero-order chi connectivity index (χ0) is 20.9. The van der Waals surface area contributed by atoms with Crippen LogP contribution in [0.5, 0.6) is 5.75 Å². The van der Waals surface area contributed by atoms with Crippen molar-refractivity contribution in [2.24, 2.45) is 0 Å². The van der Waals surface area contributed by atoms with Crippen molar-refractivity contribution in [3.8, 4) is 22.8 Å². The zero-order valence-corrected chi connectivity index (χ0v) is 18.0. The van der Waals surface area contributed by atoms with Crippen LogP contribution in [0.1, 0.15) is 37.2 Å². The molecule has 0 aliphatic carbocycles. The maximum absolute atomic E-state index is 5.46. The summed E-state index contributed by atoms with van der Waals surface area (Å²) in [4.78, 5) is 4.51. The summed E-state index contributed by atoms with van der Waals surface area (Å²) in [6.07, 6.45) is 1.79. The molecule has 2 heterocycles. The SMILES string of the molecule is CCCc1noc([C@@H](C)Sc2nnc(-c3cccc(OC)c3)n2-c2ccccc2)n1.